The summed E-state index contributed by atoms with van der Waals surface area (Å²) in [6, 6.07) is 2.78. The third-order valence-electron chi connectivity index (χ3n) is 5.70. The van der Waals surface area contributed by atoms with Crippen molar-refractivity contribution in [1.82, 2.24) is 25.0 Å². The van der Waals surface area contributed by atoms with Crippen LogP contribution in [0.25, 0.3) is 11.3 Å². The van der Waals surface area contributed by atoms with Crippen molar-refractivity contribution < 1.29 is 18.0 Å². The molecule has 10 heteroatoms. The number of aromatic nitrogens is 3. The Hall–Kier alpha value is -2.78. The van der Waals surface area contributed by atoms with Gasteiger partial charge in [-0.2, -0.15) is 18.3 Å². The number of urea groups is 1. The highest BCUT2D eigenvalue weighted by Crippen LogP contribution is 2.44. The third-order valence-corrected chi connectivity index (χ3v) is 5.70. The predicted molar refractivity (Wildman–Crippen MR) is 101 cm³/mol. The number of likely N-dealkylation sites (tertiary alicyclic amines) is 1. The molecule has 0 bridgehead atoms. The summed E-state index contributed by atoms with van der Waals surface area (Å²) in [4.78, 5) is 17.9. The van der Waals surface area contributed by atoms with Gasteiger partial charge in [0.15, 0.2) is 0 Å². The number of rotatable bonds is 2. The van der Waals surface area contributed by atoms with E-state index in [1.165, 1.54) is 6.20 Å². The van der Waals surface area contributed by atoms with Crippen LogP contribution < -0.4 is 11.1 Å². The van der Waals surface area contributed by atoms with Gasteiger partial charge in [-0.05, 0) is 38.8 Å². The van der Waals surface area contributed by atoms with Crippen molar-refractivity contribution in [3.8, 4) is 11.3 Å². The molecule has 7 nitrogen and oxygen atoms in total. The van der Waals surface area contributed by atoms with E-state index in [9.17, 15) is 18.0 Å². The number of nitrogen functional groups attached to an aromatic ring is 1. The largest absolute Gasteiger partial charge is 0.419 e. The number of pyridine rings is 1. The lowest BCUT2D eigenvalue weighted by molar-refractivity contribution is -0.137. The number of amides is 2. The van der Waals surface area contributed by atoms with Gasteiger partial charge in [0.1, 0.15) is 5.82 Å². The molecule has 2 aliphatic heterocycles. The Labute approximate surface area is 166 Å². The van der Waals surface area contributed by atoms with Crippen molar-refractivity contribution in [3.63, 3.8) is 0 Å². The molecule has 0 aromatic carbocycles. The summed E-state index contributed by atoms with van der Waals surface area (Å²) < 4.78 is 41.3. The average Bonchev–Trinajstić information content (AvgIpc) is 3.31. The second-order valence-electron chi connectivity index (χ2n) is 8.10. The van der Waals surface area contributed by atoms with Crippen molar-refractivity contribution in [2.24, 2.45) is 0 Å². The first-order valence-corrected chi connectivity index (χ1v) is 9.56. The molecule has 0 saturated carbocycles. The zero-order valence-electron chi connectivity index (χ0n) is 16.3. The number of carbonyl (C=O) groups excluding carboxylic acids is 1. The summed E-state index contributed by atoms with van der Waals surface area (Å²) in [6.45, 7) is 5.71. The van der Waals surface area contributed by atoms with E-state index in [1.54, 1.807) is 4.90 Å². The van der Waals surface area contributed by atoms with E-state index < -0.39 is 17.6 Å². The molecule has 156 valence electrons. The van der Waals surface area contributed by atoms with Gasteiger partial charge < -0.3 is 16.0 Å². The summed E-state index contributed by atoms with van der Waals surface area (Å²) >= 11 is 0. The second kappa shape index (κ2) is 6.64. The van der Waals surface area contributed by atoms with Gasteiger partial charge in [0, 0.05) is 48.5 Å². The van der Waals surface area contributed by atoms with E-state index in [2.05, 4.69) is 15.4 Å². The van der Waals surface area contributed by atoms with Gasteiger partial charge in [0.05, 0.1) is 11.3 Å². The van der Waals surface area contributed by atoms with Crippen LogP contribution in [0.15, 0.2) is 18.3 Å². The normalized spacial score (nSPS) is 21.2. The number of nitrogens with zero attached hydrogens (tertiary/aromatic N) is 4. The van der Waals surface area contributed by atoms with E-state index in [-0.39, 0.29) is 23.1 Å². The van der Waals surface area contributed by atoms with Crippen LogP contribution in [0.1, 0.15) is 37.9 Å². The van der Waals surface area contributed by atoms with Gasteiger partial charge in [-0.3, -0.25) is 4.68 Å². The molecule has 2 aliphatic rings. The minimum atomic E-state index is -4.58. The Morgan fingerprint density at radius 2 is 2.00 bits per heavy atom. The number of carbonyl (C=O) groups is 1. The van der Waals surface area contributed by atoms with Crippen LogP contribution in [0.5, 0.6) is 0 Å². The summed E-state index contributed by atoms with van der Waals surface area (Å²) in [5, 5.41) is 7.41. The van der Waals surface area contributed by atoms with Crippen molar-refractivity contribution in [2.45, 2.75) is 50.9 Å². The number of nitrogens with one attached hydrogen (secondary N) is 1. The van der Waals surface area contributed by atoms with Crippen LogP contribution in [0, 0.1) is 0 Å². The second-order valence-corrected chi connectivity index (χ2v) is 8.10. The number of aryl methyl sites for hydroxylation is 1. The van der Waals surface area contributed by atoms with Crippen LogP contribution in [0.2, 0.25) is 0 Å². The monoisotopic (exact) mass is 408 g/mol. The highest BCUT2D eigenvalue weighted by atomic mass is 19.4. The molecule has 29 heavy (non-hydrogen) atoms. The molecule has 2 aromatic rings. The number of hydrogen-bond donors (Lipinski definition) is 2. The molecule has 2 aromatic heterocycles. The topological polar surface area (TPSA) is 89.1 Å². The number of fused-ring (bicyclic) bond motifs is 2. The maximum Gasteiger partial charge on any atom is 0.419 e. The van der Waals surface area contributed by atoms with Gasteiger partial charge >= 0.3 is 12.2 Å². The van der Waals surface area contributed by atoms with Crippen LogP contribution in [0.4, 0.5) is 23.8 Å². The molecular weight excluding hydrogens is 385 g/mol. The van der Waals surface area contributed by atoms with Crippen LogP contribution in [-0.2, 0) is 18.1 Å². The molecular formula is C19H23F3N6O. The fourth-order valence-electron chi connectivity index (χ4n) is 4.24. The molecule has 2 amide bonds. The smallest absolute Gasteiger partial charge is 0.383 e. The third kappa shape index (κ3) is 3.40. The lowest BCUT2D eigenvalue weighted by Gasteiger charge is -2.24. The minimum absolute atomic E-state index is 0.0561. The van der Waals surface area contributed by atoms with Gasteiger partial charge in [0.25, 0.3) is 0 Å². The Kier molecular flexibility index (Phi) is 4.47. The van der Waals surface area contributed by atoms with Crippen molar-refractivity contribution in [2.75, 3.05) is 18.8 Å². The first-order chi connectivity index (χ1) is 13.6. The Morgan fingerprint density at radius 3 is 2.69 bits per heavy atom. The molecule has 1 atom stereocenters. The predicted octanol–water partition coefficient (Wildman–Crippen LogP) is 3.01. The first-order valence-electron chi connectivity index (χ1n) is 9.56. The van der Waals surface area contributed by atoms with E-state index >= 15 is 0 Å². The lowest BCUT2D eigenvalue weighted by atomic mass is 9.82. The van der Waals surface area contributed by atoms with Gasteiger partial charge in [-0.25, -0.2) is 9.78 Å². The summed E-state index contributed by atoms with van der Waals surface area (Å²) in [6.07, 6.45) is -1.61. The number of nitrogens with two attached hydrogens (primary N) is 1. The highest BCUT2D eigenvalue weighted by molar-refractivity contribution is 5.75. The molecule has 1 saturated heterocycles. The SMILES string of the molecule is CC(C)NC(=O)N1CC[C@]2(CCn3nc(-c4cnc(N)c(C(F)(F)F)c4)cc32)C1. The minimum Gasteiger partial charge on any atom is -0.383 e. The number of halogens is 3. The highest BCUT2D eigenvalue weighted by Gasteiger charge is 2.47. The van der Waals surface area contributed by atoms with Crippen LogP contribution >= 0.6 is 0 Å². The van der Waals surface area contributed by atoms with E-state index in [1.807, 2.05) is 24.6 Å². The van der Waals surface area contributed by atoms with Gasteiger partial charge in [0.2, 0.25) is 0 Å². The van der Waals surface area contributed by atoms with Crippen LogP contribution in [-0.4, -0.2) is 44.8 Å². The molecule has 1 fully saturated rings. The Bertz CT molecular complexity index is 954. The molecule has 0 aliphatic carbocycles. The van der Waals surface area contributed by atoms with E-state index in [0.29, 0.717) is 25.3 Å². The fourth-order valence-corrected chi connectivity index (χ4v) is 4.24. The average molecular weight is 408 g/mol. The van der Waals surface area contributed by atoms with Crippen molar-refractivity contribution in [3.05, 3.63) is 29.6 Å². The Balaban J connectivity index is 1.62. The van der Waals surface area contributed by atoms with E-state index in [0.717, 1.165) is 24.6 Å². The Morgan fingerprint density at radius 1 is 1.28 bits per heavy atom. The van der Waals surface area contributed by atoms with Crippen molar-refractivity contribution in [1.29, 1.82) is 0 Å². The summed E-state index contributed by atoms with van der Waals surface area (Å²) in [5.41, 5.74) is 5.88. The summed E-state index contributed by atoms with van der Waals surface area (Å²) in [5.74, 6) is -0.549. The zero-order valence-corrected chi connectivity index (χ0v) is 16.3. The zero-order chi connectivity index (χ0) is 21.0. The standard InChI is InChI=1S/C19H23F3N6O/c1-11(2)25-17(29)27-5-3-18(10-27)4-6-28-15(18)8-14(26-28)12-7-13(19(20,21)22)16(23)24-9-12/h7-9,11H,3-6,10H2,1-2H3,(H2,23,24)(H,25,29)/t18-/m0/s1. The quantitative estimate of drug-likeness (QED) is 0.800. The molecule has 4 heterocycles. The molecule has 0 unspecified atom stereocenters. The number of hydrogen-bond acceptors (Lipinski definition) is 4. The molecule has 0 radical (unpaired) electrons. The van der Waals surface area contributed by atoms with Gasteiger partial charge in [-0.1, -0.05) is 0 Å². The lowest BCUT2D eigenvalue weighted by Crippen LogP contribution is -2.43. The maximum absolute atomic E-state index is 13.2. The maximum atomic E-state index is 13.2. The molecule has 1 spiro atoms. The van der Waals surface area contributed by atoms with Crippen molar-refractivity contribution >= 4 is 11.8 Å². The van der Waals surface area contributed by atoms with E-state index in [4.69, 9.17) is 5.73 Å². The molecule has 4 rings (SSSR count). The number of anilines is 1. The fraction of sp³-hybridized carbons (Fsp3) is 0.526. The molecule has 3 N–H and O–H groups in total. The first kappa shape index (κ1) is 19.5. The van der Waals surface area contributed by atoms with Gasteiger partial charge in [-0.15, -0.1) is 0 Å². The van der Waals surface area contributed by atoms with Crippen LogP contribution in [0.3, 0.4) is 0 Å². The number of alkyl halides is 3. The summed E-state index contributed by atoms with van der Waals surface area (Å²) in [7, 11) is 0.